The Morgan fingerprint density at radius 3 is 2.68 bits per heavy atom. The van der Waals surface area contributed by atoms with Gasteiger partial charge in [0.25, 0.3) is 0 Å². The van der Waals surface area contributed by atoms with Crippen LogP contribution in [0.3, 0.4) is 0 Å². The molecule has 5 rings (SSSR count). The fraction of sp³-hybridized carbons (Fsp3) is 0.400. The number of nitrogens with zero attached hydrogens (tertiary/aromatic N) is 4. The molecule has 0 aliphatic carbocycles. The maximum atomic E-state index is 15.1. The molecular weight excluding hydrogens is 440 g/mol. The van der Waals surface area contributed by atoms with Gasteiger partial charge in [-0.3, -0.25) is 14.7 Å². The molecule has 3 aromatic rings. The molecule has 0 spiro atoms. The largest absolute Gasteiger partial charge is 0.378 e. The van der Waals surface area contributed by atoms with Crippen LogP contribution in [0.1, 0.15) is 31.7 Å². The number of halogens is 2. The van der Waals surface area contributed by atoms with Crippen molar-refractivity contribution < 1.29 is 18.3 Å². The lowest BCUT2D eigenvalue weighted by molar-refractivity contribution is -0.119. The predicted molar refractivity (Wildman–Crippen MR) is 128 cm³/mol. The third-order valence-corrected chi connectivity index (χ3v) is 6.38. The molecule has 1 aromatic carbocycles. The van der Waals surface area contributed by atoms with Crippen LogP contribution in [0.25, 0.3) is 10.9 Å². The second-order valence-electron chi connectivity index (χ2n) is 8.58. The predicted octanol–water partition coefficient (Wildman–Crippen LogP) is 4.57. The SMILES string of the molecule is CCc1c(N2CCCCC2=O)nc2cc(F)cc(F)c2c1Nc1cncc(N2CCOCC2)c1. The summed E-state index contributed by atoms with van der Waals surface area (Å²) in [7, 11) is 0. The van der Waals surface area contributed by atoms with Crippen molar-refractivity contribution in [2.24, 2.45) is 0 Å². The number of morpholine rings is 1. The third kappa shape index (κ3) is 4.27. The Kier molecular flexibility index (Phi) is 6.28. The molecule has 0 atom stereocenters. The van der Waals surface area contributed by atoms with Gasteiger partial charge in [-0.2, -0.15) is 0 Å². The number of hydrogen-bond acceptors (Lipinski definition) is 6. The highest BCUT2D eigenvalue weighted by Gasteiger charge is 2.27. The lowest BCUT2D eigenvalue weighted by atomic mass is 10.0. The molecule has 7 nitrogen and oxygen atoms in total. The Hall–Kier alpha value is -3.33. The summed E-state index contributed by atoms with van der Waals surface area (Å²) in [5.74, 6) is -0.968. The molecule has 34 heavy (non-hydrogen) atoms. The summed E-state index contributed by atoms with van der Waals surface area (Å²) >= 11 is 0. The van der Waals surface area contributed by atoms with Gasteiger partial charge in [0.05, 0.1) is 53.6 Å². The number of anilines is 4. The van der Waals surface area contributed by atoms with Crippen LogP contribution in [0, 0.1) is 11.6 Å². The monoisotopic (exact) mass is 467 g/mol. The van der Waals surface area contributed by atoms with Crippen LogP contribution < -0.4 is 15.1 Å². The summed E-state index contributed by atoms with van der Waals surface area (Å²) < 4.78 is 34.7. The first-order valence-corrected chi connectivity index (χ1v) is 11.7. The van der Waals surface area contributed by atoms with Crippen LogP contribution in [0.4, 0.5) is 31.7 Å². The van der Waals surface area contributed by atoms with Gasteiger partial charge in [-0.05, 0) is 25.3 Å². The molecule has 2 aromatic heterocycles. The molecular formula is C25H27F2N5O2. The van der Waals surface area contributed by atoms with E-state index in [1.807, 2.05) is 13.0 Å². The van der Waals surface area contributed by atoms with Crippen molar-refractivity contribution in [3.63, 3.8) is 0 Å². The molecule has 2 aliphatic rings. The number of carbonyl (C=O) groups excluding carboxylic acids is 1. The molecule has 178 valence electrons. The number of aromatic nitrogens is 2. The second kappa shape index (κ2) is 9.50. The fourth-order valence-electron chi connectivity index (χ4n) is 4.70. The van der Waals surface area contributed by atoms with Crippen LogP contribution >= 0.6 is 0 Å². The van der Waals surface area contributed by atoms with Crippen LogP contribution in [0.15, 0.2) is 30.6 Å². The number of hydrogen-bond donors (Lipinski definition) is 1. The molecule has 4 heterocycles. The van der Waals surface area contributed by atoms with Crippen molar-refractivity contribution in [1.29, 1.82) is 0 Å². The first-order chi connectivity index (χ1) is 16.5. The first-order valence-electron chi connectivity index (χ1n) is 11.7. The topological polar surface area (TPSA) is 70.6 Å². The van der Waals surface area contributed by atoms with E-state index < -0.39 is 11.6 Å². The van der Waals surface area contributed by atoms with Crippen molar-refractivity contribution in [3.05, 3.63) is 47.8 Å². The van der Waals surface area contributed by atoms with Crippen molar-refractivity contribution in [3.8, 4) is 0 Å². The van der Waals surface area contributed by atoms with Crippen molar-refractivity contribution in [2.45, 2.75) is 32.6 Å². The van der Waals surface area contributed by atoms with E-state index in [9.17, 15) is 9.18 Å². The summed E-state index contributed by atoms with van der Waals surface area (Å²) in [4.78, 5) is 25.5. The molecule has 0 saturated carbocycles. The van der Waals surface area contributed by atoms with Crippen molar-refractivity contribution in [2.75, 3.05) is 48.0 Å². The van der Waals surface area contributed by atoms with Gasteiger partial charge < -0.3 is 15.0 Å². The summed E-state index contributed by atoms with van der Waals surface area (Å²) in [6, 6.07) is 4.03. The molecule has 2 saturated heterocycles. The molecule has 2 aliphatic heterocycles. The summed E-state index contributed by atoms with van der Waals surface area (Å²) in [5.41, 5.74) is 2.97. The van der Waals surface area contributed by atoms with E-state index in [1.54, 1.807) is 17.3 Å². The van der Waals surface area contributed by atoms with E-state index in [1.165, 1.54) is 6.07 Å². The summed E-state index contributed by atoms with van der Waals surface area (Å²) in [6.07, 6.45) is 6.10. The second-order valence-corrected chi connectivity index (χ2v) is 8.58. The third-order valence-electron chi connectivity index (χ3n) is 6.38. The molecule has 9 heteroatoms. The zero-order valence-corrected chi connectivity index (χ0v) is 19.1. The molecule has 0 radical (unpaired) electrons. The Morgan fingerprint density at radius 1 is 1.09 bits per heavy atom. The molecule has 1 N–H and O–H groups in total. The number of piperidine rings is 1. The number of ether oxygens (including phenoxy) is 1. The van der Waals surface area contributed by atoms with Gasteiger partial charge in [0.15, 0.2) is 0 Å². The van der Waals surface area contributed by atoms with E-state index in [2.05, 4.69) is 20.2 Å². The maximum absolute atomic E-state index is 15.1. The number of nitrogens with one attached hydrogen (secondary N) is 1. The highest BCUT2D eigenvalue weighted by molar-refractivity contribution is 6.02. The summed E-state index contributed by atoms with van der Waals surface area (Å²) in [6.45, 7) is 5.30. The smallest absolute Gasteiger partial charge is 0.228 e. The lowest BCUT2D eigenvalue weighted by Crippen LogP contribution is -2.36. The van der Waals surface area contributed by atoms with Gasteiger partial charge in [-0.25, -0.2) is 13.8 Å². The number of carbonyl (C=O) groups is 1. The Morgan fingerprint density at radius 2 is 1.91 bits per heavy atom. The van der Waals surface area contributed by atoms with Crippen LogP contribution in [-0.2, 0) is 16.0 Å². The molecule has 0 unspecified atom stereocenters. The van der Waals surface area contributed by atoms with Crippen LogP contribution in [-0.4, -0.2) is 48.7 Å². The normalized spacial score (nSPS) is 16.9. The van der Waals surface area contributed by atoms with E-state index >= 15 is 4.39 Å². The van der Waals surface area contributed by atoms with Gasteiger partial charge in [0.2, 0.25) is 5.91 Å². The van der Waals surface area contributed by atoms with Gasteiger partial charge in [0, 0.05) is 43.8 Å². The number of fused-ring (bicyclic) bond motifs is 1. The van der Waals surface area contributed by atoms with E-state index in [0.717, 1.165) is 37.7 Å². The Bertz CT molecular complexity index is 1230. The zero-order valence-electron chi connectivity index (χ0n) is 19.1. The minimum Gasteiger partial charge on any atom is -0.378 e. The molecule has 1 amide bonds. The average Bonchev–Trinajstić information content (AvgIpc) is 2.84. The number of rotatable bonds is 5. The zero-order chi connectivity index (χ0) is 23.7. The average molecular weight is 468 g/mol. The van der Waals surface area contributed by atoms with Crippen LogP contribution in [0.5, 0.6) is 0 Å². The maximum Gasteiger partial charge on any atom is 0.228 e. The number of pyridine rings is 2. The lowest BCUT2D eigenvalue weighted by Gasteiger charge is -2.30. The number of amides is 1. The quantitative estimate of drug-likeness (QED) is 0.593. The van der Waals surface area contributed by atoms with Crippen molar-refractivity contribution in [1.82, 2.24) is 9.97 Å². The van der Waals surface area contributed by atoms with Crippen molar-refractivity contribution >= 4 is 39.7 Å². The van der Waals surface area contributed by atoms with E-state index in [0.29, 0.717) is 55.4 Å². The number of benzene rings is 1. The summed E-state index contributed by atoms with van der Waals surface area (Å²) in [5, 5.41) is 3.54. The fourth-order valence-corrected chi connectivity index (χ4v) is 4.70. The Balaban J connectivity index is 1.64. The minimum absolute atomic E-state index is 0.0217. The van der Waals surface area contributed by atoms with Gasteiger partial charge >= 0.3 is 0 Å². The highest BCUT2D eigenvalue weighted by atomic mass is 19.1. The Labute approximate surface area is 196 Å². The van der Waals surface area contributed by atoms with E-state index in [-0.39, 0.29) is 16.8 Å². The highest BCUT2D eigenvalue weighted by Crippen LogP contribution is 2.38. The first kappa shape index (κ1) is 22.5. The molecule has 2 fully saturated rings. The van der Waals surface area contributed by atoms with E-state index in [4.69, 9.17) is 4.74 Å². The van der Waals surface area contributed by atoms with Gasteiger partial charge in [-0.1, -0.05) is 6.92 Å². The van der Waals surface area contributed by atoms with Crippen LogP contribution in [0.2, 0.25) is 0 Å². The van der Waals surface area contributed by atoms with Gasteiger partial charge in [0.1, 0.15) is 17.5 Å². The molecule has 0 bridgehead atoms. The minimum atomic E-state index is -0.709. The van der Waals surface area contributed by atoms with Gasteiger partial charge in [-0.15, -0.1) is 0 Å². The standard InChI is InChI=1S/C25H27F2N5O2/c1-2-19-24(29-17-13-18(15-28-14-17)31-7-9-34-10-8-31)23-20(27)11-16(26)12-21(23)30-25(19)32-6-4-3-5-22(32)33/h11-15H,2-10H2,1H3,(H,29,30).